The zero-order chi connectivity index (χ0) is 19.7. The zero-order valence-electron chi connectivity index (χ0n) is 16.2. The van der Waals surface area contributed by atoms with Crippen molar-refractivity contribution in [1.29, 1.82) is 0 Å². The van der Waals surface area contributed by atoms with Crippen LogP contribution in [-0.2, 0) is 10.2 Å². The minimum atomic E-state index is -0.368. The number of hydrogen-bond acceptors (Lipinski definition) is 6. The molecule has 0 N–H and O–H groups in total. The monoisotopic (exact) mass is 387 g/mol. The van der Waals surface area contributed by atoms with E-state index in [1.165, 1.54) is 0 Å². The number of ether oxygens (including phenoxy) is 2. The number of methoxy groups -OCH3 is 1. The van der Waals surface area contributed by atoms with Crippen LogP contribution in [0.1, 0.15) is 24.3 Å². The predicted molar refractivity (Wildman–Crippen MR) is 109 cm³/mol. The number of fused-ring (bicyclic) bond motifs is 1. The maximum Gasteiger partial charge on any atom is 0.266 e. The van der Waals surface area contributed by atoms with Crippen molar-refractivity contribution in [3.05, 3.63) is 72.1 Å². The number of benzene rings is 2. The summed E-state index contributed by atoms with van der Waals surface area (Å²) in [4.78, 5) is 4.68. The van der Waals surface area contributed by atoms with Gasteiger partial charge in [-0.1, -0.05) is 36.4 Å². The molecule has 6 heteroatoms. The smallest absolute Gasteiger partial charge is 0.266 e. The average Bonchev–Trinajstić information content (AvgIpc) is 3.30. The van der Waals surface area contributed by atoms with Gasteiger partial charge in [0.25, 0.3) is 5.89 Å². The lowest BCUT2D eigenvalue weighted by Crippen LogP contribution is -2.35. The van der Waals surface area contributed by atoms with Gasteiger partial charge >= 0.3 is 0 Å². The molecule has 0 unspecified atom stereocenters. The minimum absolute atomic E-state index is 0.368. The predicted octanol–water partition coefficient (Wildman–Crippen LogP) is 4.39. The lowest BCUT2D eigenvalue weighted by molar-refractivity contribution is 0.0546. The number of aromatic nitrogens is 3. The maximum atomic E-state index is 6.20. The molecule has 0 bridgehead atoms. The van der Waals surface area contributed by atoms with E-state index in [2.05, 4.69) is 27.3 Å². The molecular formula is C23H21N3O3. The van der Waals surface area contributed by atoms with Crippen molar-refractivity contribution in [2.75, 3.05) is 20.3 Å². The molecule has 1 aliphatic rings. The summed E-state index contributed by atoms with van der Waals surface area (Å²) in [5.41, 5.74) is 2.34. The Labute approximate surface area is 168 Å². The van der Waals surface area contributed by atoms with Crippen molar-refractivity contribution in [3.8, 4) is 17.3 Å². The summed E-state index contributed by atoms with van der Waals surface area (Å²) in [5, 5.41) is 9.85. The first-order valence-corrected chi connectivity index (χ1v) is 9.71. The molecule has 0 amide bonds. The van der Waals surface area contributed by atoms with Gasteiger partial charge in [-0.05, 0) is 42.7 Å². The van der Waals surface area contributed by atoms with Crippen molar-refractivity contribution in [2.45, 2.75) is 18.3 Å². The lowest BCUT2D eigenvalue weighted by atomic mass is 9.74. The molecule has 4 aromatic rings. The number of rotatable bonds is 4. The van der Waals surface area contributed by atoms with Crippen LogP contribution in [0, 0.1) is 0 Å². The molecular weight excluding hydrogens is 366 g/mol. The highest BCUT2D eigenvalue weighted by Gasteiger charge is 2.41. The zero-order valence-corrected chi connectivity index (χ0v) is 16.2. The van der Waals surface area contributed by atoms with E-state index in [0.29, 0.717) is 30.7 Å². The van der Waals surface area contributed by atoms with E-state index < -0.39 is 0 Å². The third-order valence-electron chi connectivity index (χ3n) is 5.64. The van der Waals surface area contributed by atoms with Crippen molar-refractivity contribution in [3.63, 3.8) is 0 Å². The van der Waals surface area contributed by atoms with Gasteiger partial charge in [0.05, 0.1) is 18.0 Å². The quantitative estimate of drug-likeness (QED) is 0.517. The second kappa shape index (κ2) is 7.29. The molecule has 0 spiro atoms. The van der Waals surface area contributed by atoms with Crippen molar-refractivity contribution in [2.24, 2.45) is 0 Å². The van der Waals surface area contributed by atoms with E-state index in [-0.39, 0.29) is 5.41 Å². The van der Waals surface area contributed by atoms with Gasteiger partial charge < -0.3 is 13.9 Å². The standard InChI is InChI=1S/C23H21N3O3/c1-27-18-9-7-17(8-10-18)23(12-14-28-15-13-23)22-26-25-21(29-22)20-11-6-16-4-2-3-5-19(16)24-20/h2-11H,12-15H2,1H3. The summed E-state index contributed by atoms with van der Waals surface area (Å²) in [6, 6.07) is 20.0. The van der Waals surface area contributed by atoms with Gasteiger partial charge in [0, 0.05) is 18.6 Å². The molecule has 2 aromatic heterocycles. The Morgan fingerprint density at radius 1 is 0.897 bits per heavy atom. The normalized spacial score (nSPS) is 16.0. The summed E-state index contributed by atoms with van der Waals surface area (Å²) in [5.74, 6) is 1.86. The highest BCUT2D eigenvalue weighted by Crippen LogP contribution is 2.41. The fourth-order valence-electron chi connectivity index (χ4n) is 3.96. The Morgan fingerprint density at radius 3 is 2.48 bits per heavy atom. The molecule has 1 aliphatic heterocycles. The Balaban J connectivity index is 1.56. The van der Waals surface area contributed by atoms with Gasteiger partial charge in [0.2, 0.25) is 5.89 Å². The second-order valence-electron chi connectivity index (χ2n) is 7.22. The molecule has 3 heterocycles. The fourth-order valence-corrected chi connectivity index (χ4v) is 3.96. The van der Waals surface area contributed by atoms with Crippen LogP contribution < -0.4 is 4.74 Å². The molecule has 2 aromatic carbocycles. The van der Waals surface area contributed by atoms with Gasteiger partial charge in [-0.3, -0.25) is 0 Å². The molecule has 146 valence electrons. The van der Waals surface area contributed by atoms with Crippen LogP contribution in [0.5, 0.6) is 5.75 Å². The molecule has 0 saturated carbocycles. The molecule has 1 saturated heterocycles. The van der Waals surface area contributed by atoms with E-state index in [4.69, 9.17) is 13.9 Å². The molecule has 1 fully saturated rings. The van der Waals surface area contributed by atoms with Crippen molar-refractivity contribution < 1.29 is 13.9 Å². The first kappa shape index (κ1) is 17.8. The fraction of sp³-hybridized carbons (Fsp3) is 0.261. The summed E-state index contributed by atoms with van der Waals surface area (Å²) in [6.07, 6.45) is 1.57. The van der Waals surface area contributed by atoms with Crippen molar-refractivity contribution >= 4 is 10.9 Å². The van der Waals surface area contributed by atoms with Crippen LogP contribution >= 0.6 is 0 Å². The first-order valence-electron chi connectivity index (χ1n) is 9.71. The van der Waals surface area contributed by atoms with Crippen LogP contribution in [0.25, 0.3) is 22.5 Å². The Hall–Kier alpha value is -3.25. The number of hydrogen-bond donors (Lipinski definition) is 0. The topological polar surface area (TPSA) is 70.3 Å². The van der Waals surface area contributed by atoms with Crippen molar-refractivity contribution in [1.82, 2.24) is 15.2 Å². The van der Waals surface area contributed by atoms with E-state index in [9.17, 15) is 0 Å². The molecule has 0 radical (unpaired) electrons. The van der Waals surface area contributed by atoms with Gasteiger partial charge in [-0.2, -0.15) is 0 Å². The third-order valence-corrected chi connectivity index (χ3v) is 5.64. The van der Waals surface area contributed by atoms with E-state index in [1.807, 2.05) is 48.5 Å². The van der Waals surface area contributed by atoms with E-state index >= 15 is 0 Å². The summed E-state index contributed by atoms with van der Waals surface area (Å²) >= 11 is 0. The van der Waals surface area contributed by atoms with Crippen LogP contribution in [0.4, 0.5) is 0 Å². The van der Waals surface area contributed by atoms with Gasteiger partial charge in [-0.25, -0.2) is 4.98 Å². The molecule has 5 rings (SSSR count). The van der Waals surface area contributed by atoms with E-state index in [0.717, 1.165) is 35.1 Å². The third kappa shape index (κ3) is 3.15. The largest absolute Gasteiger partial charge is 0.497 e. The molecule has 6 nitrogen and oxygen atoms in total. The summed E-state index contributed by atoms with van der Waals surface area (Å²) in [7, 11) is 1.67. The number of pyridine rings is 1. The van der Waals surface area contributed by atoms with Crippen LogP contribution in [0.15, 0.2) is 65.1 Å². The Kier molecular flexibility index (Phi) is 4.48. The SMILES string of the molecule is COc1ccc(C2(c3nnc(-c4ccc5ccccc5n4)o3)CCOCC2)cc1. The highest BCUT2D eigenvalue weighted by molar-refractivity contribution is 5.80. The van der Waals surface area contributed by atoms with Crippen LogP contribution in [-0.4, -0.2) is 35.5 Å². The number of nitrogens with zero attached hydrogens (tertiary/aromatic N) is 3. The second-order valence-corrected chi connectivity index (χ2v) is 7.22. The van der Waals surface area contributed by atoms with Gasteiger partial charge in [0.1, 0.15) is 11.4 Å². The van der Waals surface area contributed by atoms with E-state index in [1.54, 1.807) is 7.11 Å². The summed E-state index contributed by atoms with van der Waals surface area (Å²) in [6.45, 7) is 1.30. The van der Waals surface area contributed by atoms with Crippen LogP contribution in [0.2, 0.25) is 0 Å². The maximum absolute atomic E-state index is 6.20. The highest BCUT2D eigenvalue weighted by atomic mass is 16.5. The lowest BCUT2D eigenvalue weighted by Gasteiger charge is -2.34. The molecule has 0 aliphatic carbocycles. The Bertz CT molecular complexity index is 1130. The Morgan fingerprint density at radius 2 is 1.69 bits per heavy atom. The van der Waals surface area contributed by atoms with Gasteiger partial charge in [0.15, 0.2) is 0 Å². The number of para-hydroxylation sites is 1. The molecule has 0 atom stereocenters. The minimum Gasteiger partial charge on any atom is -0.497 e. The summed E-state index contributed by atoms with van der Waals surface area (Å²) < 4.78 is 17.1. The first-order chi connectivity index (χ1) is 14.3. The average molecular weight is 387 g/mol. The van der Waals surface area contributed by atoms with Crippen LogP contribution in [0.3, 0.4) is 0 Å². The molecule has 29 heavy (non-hydrogen) atoms. The van der Waals surface area contributed by atoms with Gasteiger partial charge in [-0.15, -0.1) is 10.2 Å².